The number of nitrogens with zero attached hydrogens (tertiary/aromatic N) is 2. The summed E-state index contributed by atoms with van der Waals surface area (Å²) in [7, 11) is 0. The lowest BCUT2D eigenvalue weighted by atomic mass is 9.96. The van der Waals surface area contributed by atoms with Crippen LogP contribution >= 0.6 is 0 Å². The topological polar surface area (TPSA) is 52.7 Å². The summed E-state index contributed by atoms with van der Waals surface area (Å²) < 4.78 is 0. The second kappa shape index (κ2) is 7.79. The quantitative estimate of drug-likeness (QED) is 0.902. The van der Waals surface area contributed by atoms with Crippen molar-refractivity contribution < 1.29 is 9.59 Å². The molecule has 0 bridgehead atoms. The van der Waals surface area contributed by atoms with Gasteiger partial charge in [0.25, 0.3) is 5.91 Å². The predicted octanol–water partition coefficient (Wildman–Crippen LogP) is 2.28. The number of carbonyl (C=O) groups is 2. The number of anilines is 1. The Hall–Kier alpha value is -1.88. The third-order valence-corrected chi connectivity index (χ3v) is 5.06. The van der Waals surface area contributed by atoms with Crippen molar-refractivity contribution in [2.75, 3.05) is 37.6 Å². The Morgan fingerprint density at radius 3 is 2.71 bits per heavy atom. The molecule has 0 spiro atoms. The molecule has 1 aromatic carbocycles. The zero-order valence-corrected chi connectivity index (χ0v) is 14.5. The van der Waals surface area contributed by atoms with Crippen LogP contribution < -0.4 is 10.2 Å². The minimum atomic E-state index is 0.0883. The molecule has 3 rings (SSSR count). The number of hydrogen-bond donors (Lipinski definition) is 1. The van der Waals surface area contributed by atoms with Gasteiger partial charge in [-0.15, -0.1) is 0 Å². The van der Waals surface area contributed by atoms with Gasteiger partial charge < -0.3 is 15.1 Å². The highest BCUT2D eigenvalue weighted by Crippen LogP contribution is 2.24. The van der Waals surface area contributed by atoms with Gasteiger partial charge in [0.1, 0.15) is 0 Å². The minimum absolute atomic E-state index is 0.0883. The van der Waals surface area contributed by atoms with Crippen LogP contribution in [0, 0.1) is 5.92 Å². The van der Waals surface area contributed by atoms with Gasteiger partial charge in [-0.3, -0.25) is 9.59 Å². The summed E-state index contributed by atoms with van der Waals surface area (Å²) in [4.78, 5) is 28.4. The van der Waals surface area contributed by atoms with Gasteiger partial charge in [0.15, 0.2) is 0 Å². The maximum absolute atomic E-state index is 12.8. The normalized spacial score (nSPS) is 19.1. The molecule has 0 saturated carbocycles. The van der Waals surface area contributed by atoms with Gasteiger partial charge in [-0.1, -0.05) is 13.0 Å². The second-order valence-electron chi connectivity index (χ2n) is 6.74. The number of amides is 2. The molecule has 130 valence electrons. The Labute approximate surface area is 144 Å². The molecule has 2 fully saturated rings. The molecule has 0 atom stereocenters. The van der Waals surface area contributed by atoms with E-state index < -0.39 is 0 Å². The fourth-order valence-corrected chi connectivity index (χ4v) is 3.60. The molecular formula is C19H27N3O2. The monoisotopic (exact) mass is 329 g/mol. The fourth-order valence-electron chi connectivity index (χ4n) is 3.60. The van der Waals surface area contributed by atoms with Crippen molar-refractivity contribution in [2.24, 2.45) is 5.92 Å². The molecule has 24 heavy (non-hydrogen) atoms. The van der Waals surface area contributed by atoms with Gasteiger partial charge in [-0.05, 0) is 56.5 Å². The summed E-state index contributed by atoms with van der Waals surface area (Å²) in [6.07, 6.45) is 3.62. The van der Waals surface area contributed by atoms with Crippen LogP contribution in [-0.2, 0) is 4.79 Å². The molecule has 1 N–H and O–H groups in total. The standard InChI is InChI=1S/C19H27N3O2/c1-2-20-14-15-8-11-21(12-9-15)19(24)16-5-3-6-17(13-16)22-10-4-7-18(22)23/h3,5-6,13,15,20H,2,4,7-12,14H2,1H3. The number of rotatable bonds is 5. The van der Waals surface area contributed by atoms with Gasteiger partial charge in [-0.2, -0.15) is 0 Å². The number of piperidine rings is 1. The van der Waals surface area contributed by atoms with Crippen LogP contribution in [0.4, 0.5) is 5.69 Å². The van der Waals surface area contributed by atoms with Crippen molar-refractivity contribution in [1.82, 2.24) is 10.2 Å². The van der Waals surface area contributed by atoms with E-state index in [9.17, 15) is 9.59 Å². The highest BCUT2D eigenvalue weighted by Gasteiger charge is 2.25. The number of carbonyl (C=O) groups excluding carboxylic acids is 2. The molecule has 0 unspecified atom stereocenters. The molecule has 2 amide bonds. The molecule has 2 saturated heterocycles. The van der Waals surface area contributed by atoms with Crippen molar-refractivity contribution in [3.05, 3.63) is 29.8 Å². The lowest BCUT2D eigenvalue weighted by Crippen LogP contribution is -2.40. The van der Waals surface area contributed by atoms with Crippen LogP contribution in [0.25, 0.3) is 0 Å². The van der Waals surface area contributed by atoms with E-state index in [0.717, 1.165) is 57.7 Å². The van der Waals surface area contributed by atoms with Crippen molar-refractivity contribution in [2.45, 2.75) is 32.6 Å². The number of benzene rings is 1. The van der Waals surface area contributed by atoms with Gasteiger partial charge >= 0.3 is 0 Å². The lowest BCUT2D eigenvalue weighted by Gasteiger charge is -2.32. The molecule has 2 heterocycles. The lowest BCUT2D eigenvalue weighted by molar-refractivity contribution is -0.117. The van der Waals surface area contributed by atoms with Gasteiger partial charge in [0, 0.05) is 37.3 Å². The summed E-state index contributed by atoms with van der Waals surface area (Å²) >= 11 is 0. The number of hydrogen-bond acceptors (Lipinski definition) is 3. The maximum Gasteiger partial charge on any atom is 0.253 e. The molecule has 0 radical (unpaired) electrons. The predicted molar refractivity (Wildman–Crippen MR) is 95.2 cm³/mol. The minimum Gasteiger partial charge on any atom is -0.339 e. The third kappa shape index (κ3) is 3.78. The van der Waals surface area contributed by atoms with Crippen LogP contribution in [0.15, 0.2) is 24.3 Å². The smallest absolute Gasteiger partial charge is 0.253 e. The number of nitrogens with one attached hydrogen (secondary N) is 1. The Bertz CT molecular complexity index is 594. The zero-order chi connectivity index (χ0) is 16.9. The summed E-state index contributed by atoms with van der Waals surface area (Å²) in [5.74, 6) is 0.914. The summed E-state index contributed by atoms with van der Waals surface area (Å²) in [5, 5.41) is 3.40. The molecular weight excluding hydrogens is 302 g/mol. The van der Waals surface area contributed by atoms with Crippen molar-refractivity contribution in [1.29, 1.82) is 0 Å². The first-order chi connectivity index (χ1) is 11.7. The summed E-state index contributed by atoms with van der Waals surface area (Å²) in [6.45, 7) is 6.57. The van der Waals surface area contributed by atoms with Crippen molar-refractivity contribution in [3.63, 3.8) is 0 Å². The zero-order valence-electron chi connectivity index (χ0n) is 14.5. The molecule has 1 aromatic rings. The van der Waals surface area contributed by atoms with Crippen LogP contribution in [0.5, 0.6) is 0 Å². The van der Waals surface area contributed by atoms with E-state index in [2.05, 4.69) is 12.2 Å². The van der Waals surface area contributed by atoms with E-state index >= 15 is 0 Å². The molecule has 0 aliphatic carbocycles. The van der Waals surface area contributed by atoms with Gasteiger partial charge in [0.05, 0.1) is 0 Å². The Morgan fingerprint density at radius 1 is 1.25 bits per heavy atom. The maximum atomic E-state index is 12.8. The van der Waals surface area contributed by atoms with Gasteiger partial charge in [0.2, 0.25) is 5.91 Å². The SMILES string of the molecule is CCNCC1CCN(C(=O)c2cccc(N3CCCC3=O)c2)CC1. The van der Waals surface area contributed by atoms with E-state index in [-0.39, 0.29) is 11.8 Å². The van der Waals surface area contributed by atoms with Crippen LogP contribution in [-0.4, -0.2) is 49.4 Å². The van der Waals surface area contributed by atoms with E-state index in [1.165, 1.54) is 0 Å². The molecule has 2 aliphatic heterocycles. The molecule has 5 heteroatoms. The third-order valence-electron chi connectivity index (χ3n) is 5.06. The number of likely N-dealkylation sites (tertiary alicyclic amines) is 1. The fraction of sp³-hybridized carbons (Fsp3) is 0.579. The average molecular weight is 329 g/mol. The first-order valence-corrected chi connectivity index (χ1v) is 9.09. The van der Waals surface area contributed by atoms with E-state index in [4.69, 9.17) is 0 Å². The van der Waals surface area contributed by atoms with Crippen molar-refractivity contribution >= 4 is 17.5 Å². The largest absolute Gasteiger partial charge is 0.339 e. The van der Waals surface area contributed by atoms with Gasteiger partial charge in [-0.25, -0.2) is 0 Å². The first-order valence-electron chi connectivity index (χ1n) is 9.09. The summed E-state index contributed by atoms with van der Waals surface area (Å²) in [6, 6.07) is 7.53. The molecule has 0 aromatic heterocycles. The van der Waals surface area contributed by atoms with E-state index in [0.29, 0.717) is 17.9 Å². The van der Waals surface area contributed by atoms with Crippen LogP contribution in [0.1, 0.15) is 43.0 Å². The van der Waals surface area contributed by atoms with Crippen LogP contribution in [0.3, 0.4) is 0 Å². The van der Waals surface area contributed by atoms with Crippen molar-refractivity contribution in [3.8, 4) is 0 Å². The average Bonchev–Trinajstić information content (AvgIpc) is 3.06. The van der Waals surface area contributed by atoms with Crippen LogP contribution in [0.2, 0.25) is 0 Å². The molecule has 2 aliphatic rings. The highest BCUT2D eigenvalue weighted by atomic mass is 16.2. The molecule has 5 nitrogen and oxygen atoms in total. The van der Waals surface area contributed by atoms with E-state index in [1.54, 1.807) is 4.90 Å². The Balaban J connectivity index is 1.62. The highest BCUT2D eigenvalue weighted by molar-refractivity contribution is 5.99. The Kier molecular flexibility index (Phi) is 5.51. The van der Waals surface area contributed by atoms with E-state index in [1.807, 2.05) is 29.2 Å². The summed E-state index contributed by atoms with van der Waals surface area (Å²) in [5.41, 5.74) is 1.54. The Morgan fingerprint density at radius 2 is 2.04 bits per heavy atom. The first kappa shape index (κ1) is 17.0. The second-order valence-corrected chi connectivity index (χ2v) is 6.74.